The number of anilines is 2. The predicted molar refractivity (Wildman–Crippen MR) is 140 cm³/mol. The van der Waals surface area contributed by atoms with Gasteiger partial charge in [-0.25, -0.2) is 4.72 Å². The summed E-state index contributed by atoms with van der Waals surface area (Å²) >= 11 is 0. The van der Waals surface area contributed by atoms with Gasteiger partial charge in [0.15, 0.2) is 11.4 Å². The number of nitrogens with zero attached hydrogens (tertiary/aromatic N) is 2. The minimum absolute atomic E-state index is 0.0642. The van der Waals surface area contributed by atoms with Crippen molar-refractivity contribution < 1.29 is 17.9 Å². The van der Waals surface area contributed by atoms with Crippen LogP contribution in [-0.2, 0) is 15.0 Å². The molecule has 0 aromatic heterocycles. The van der Waals surface area contributed by atoms with Crippen molar-refractivity contribution in [3.63, 3.8) is 0 Å². The highest BCUT2D eigenvalue weighted by Gasteiger charge is 2.48. The third-order valence-electron chi connectivity index (χ3n) is 6.27. The molecule has 1 aliphatic rings. The summed E-state index contributed by atoms with van der Waals surface area (Å²) in [5, 5.41) is 2.90. The molecule has 1 saturated heterocycles. The van der Waals surface area contributed by atoms with Crippen molar-refractivity contribution in [2.24, 2.45) is 0 Å². The molecule has 0 aliphatic carbocycles. The molecule has 1 fully saturated rings. The second-order valence-corrected chi connectivity index (χ2v) is 10.3. The number of nitrogens with one attached hydrogen (secondary N) is 2. The van der Waals surface area contributed by atoms with Crippen LogP contribution >= 0.6 is 0 Å². The molecule has 4 rings (SSSR count). The lowest BCUT2D eigenvalue weighted by Crippen LogP contribution is -2.65. The lowest BCUT2D eigenvalue weighted by atomic mass is 10.2. The third kappa shape index (κ3) is 5.64. The molecule has 35 heavy (non-hydrogen) atoms. The van der Waals surface area contributed by atoms with Crippen LogP contribution in [0.2, 0.25) is 0 Å². The maximum Gasteiger partial charge on any atom is 0.399 e. The second-order valence-electron chi connectivity index (χ2n) is 8.46. The highest BCUT2D eigenvalue weighted by molar-refractivity contribution is 7.92. The molecule has 1 aliphatic heterocycles. The summed E-state index contributed by atoms with van der Waals surface area (Å²) in [7, 11) is -2.33. The molecule has 3 aromatic rings. The number of piperazine rings is 1. The van der Waals surface area contributed by atoms with Gasteiger partial charge >= 0.3 is 10.2 Å². The molecule has 9 heteroatoms. The Morgan fingerprint density at radius 2 is 1.46 bits per heavy atom. The Kier molecular flexibility index (Phi) is 7.70. The molecule has 0 bridgehead atoms. The zero-order valence-electron chi connectivity index (χ0n) is 19.8. The molecule has 0 unspecified atom stereocenters. The van der Waals surface area contributed by atoms with Gasteiger partial charge in [-0.2, -0.15) is 12.3 Å². The number of para-hydroxylation sites is 4. The molecule has 0 spiro atoms. The van der Waals surface area contributed by atoms with Crippen molar-refractivity contribution in [1.82, 2.24) is 8.79 Å². The summed E-state index contributed by atoms with van der Waals surface area (Å²) in [5.74, 6) is 0.465. The SMILES string of the molecule is COc1ccccc1[N+]1(S(=O)(=O)Nc2ccccc2)CCN(CCC(=O)Nc2ccccc2)CC1. The highest BCUT2D eigenvalue weighted by atomic mass is 32.2. The number of rotatable bonds is 9. The minimum Gasteiger partial charge on any atom is -0.491 e. The van der Waals surface area contributed by atoms with E-state index in [0.29, 0.717) is 56.3 Å². The van der Waals surface area contributed by atoms with Gasteiger partial charge in [0.2, 0.25) is 5.91 Å². The fraction of sp³-hybridized carbons (Fsp3) is 0.269. The lowest BCUT2D eigenvalue weighted by molar-refractivity contribution is -0.116. The zero-order valence-corrected chi connectivity index (χ0v) is 20.6. The first-order valence-corrected chi connectivity index (χ1v) is 13.0. The van der Waals surface area contributed by atoms with E-state index in [9.17, 15) is 13.2 Å². The Labute approximate surface area is 206 Å². The summed E-state index contributed by atoms with van der Waals surface area (Å²) in [6, 6.07) is 25.5. The maximum absolute atomic E-state index is 13.8. The van der Waals surface area contributed by atoms with Crippen LogP contribution in [-0.4, -0.2) is 59.1 Å². The van der Waals surface area contributed by atoms with Crippen LogP contribution in [0.15, 0.2) is 84.9 Å². The Balaban J connectivity index is 1.50. The van der Waals surface area contributed by atoms with Crippen LogP contribution in [0.5, 0.6) is 5.75 Å². The number of carbonyl (C=O) groups is 1. The Morgan fingerprint density at radius 1 is 0.886 bits per heavy atom. The van der Waals surface area contributed by atoms with E-state index in [-0.39, 0.29) is 9.80 Å². The molecule has 0 radical (unpaired) electrons. The van der Waals surface area contributed by atoms with Crippen LogP contribution in [0.4, 0.5) is 17.1 Å². The van der Waals surface area contributed by atoms with E-state index in [0.717, 1.165) is 5.69 Å². The average Bonchev–Trinajstić information content (AvgIpc) is 2.88. The van der Waals surface area contributed by atoms with E-state index >= 15 is 0 Å². The fourth-order valence-electron chi connectivity index (χ4n) is 4.38. The summed E-state index contributed by atoms with van der Waals surface area (Å²) in [6.45, 7) is 2.24. The van der Waals surface area contributed by atoms with Crippen molar-refractivity contribution in [1.29, 1.82) is 0 Å². The lowest BCUT2D eigenvalue weighted by Gasteiger charge is -2.42. The summed E-state index contributed by atoms with van der Waals surface area (Å²) in [6.07, 6.45) is 0.332. The van der Waals surface area contributed by atoms with Gasteiger partial charge in [0.25, 0.3) is 0 Å². The van der Waals surface area contributed by atoms with E-state index in [2.05, 4.69) is 14.9 Å². The molecule has 3 aromatic carbocycles. The predicted octanol–water partition coefficient (Wildman–Crippen LogP) is 3.70. The van der Waals surface area contributed by atoms with Crippen molar-refractivity contribution in [2.75, 3.05) is 49.9 Å². The van der Waals surface area contributed by atoms with E-state index < -0.39 is 10.2 Å². The van der Waals surface area contributed by atoms with Gasteiger partial charge < -0.3 is 10.1 Å². The number of quaternary nitrogens is 1. The van der Waals surface area contributed by atoms with E-state index in [4.69, 9.17) is 4.74 Å². The summed E-state index contributed by atoms with van der Waals surface area (Å²) < 4.78 is 35.7. The van der Waals surface area contributed by atoms with Gasteiger partial charge in [0.1, 0.15) is 13.1 Å². The van der Waals surface area contributed by atoms with Crippen molar-refractivity contribution >= 4 is 33.2 Å². The first-order chi connectivity index (χ1) is 16.9. The van der Waals surface area contributed by atoms with E-state index in [1.807, 2.05) is 54.6 Å². The molecule has 2 N–H and O–H groups in total. The number of benzene rings is 3. The number of amides is 1. The molecule has 8 nitrogen and oxygen atoms in total. The van der Waals surface area contributed by atoms with Crippen molar-refractivity contribution in [3.8, 4) is 5.75 Å². The highest BCUT2D eigenvalue weighted by Crippen LogP contribution is 2.38. The second kappa shape index (κ2) is 10.9. The summed E-state index contributed by atoms with van der Waals surface area (Å²) in [5.41, 5.74) is 1.88. The fourth-order valence-corrected chi connectivity index (χ4v) is 6.04. The number of hydrogen-bond donors (Lipinski definition) is 2. The Hall–Kier alpha value is -3.40. The number of hydrogen-bond acceptors (Lipinski definition) is 5. The van der Waals surface area contributed by atoms with Crippen LogP contribution in [0.25, 0.3) is 0 Å². The molecule has 1 amide bonds. The zero-order chi connectivity index (χ0) is 24.7. The molecule has 0 saturated carbocycles. The molecular formula is C26H31N4O4S+. The van der Waals surface area contributed by atoms with E-state index in [1.54, 1.807) is 37.4 Å². The third-order valence-corrected chi connectivity index (χ3v) is 8.25. The molecule has 1 heterocycles. The Morgan fingerprint density at radius 3 is 2.09 bits per heavy atom. The first-order valence-electron chi connectivity index (χ1n) is 11.6. The van der Waals surface area contributed by atoms with Crippen LogP contribution in [0.3, 0.4) is 0 Å². The van der Waals surface area contributed by atoms with Crippen molar-refractivity contribution in [2.45, 2.75) is 6.42 Å². The monoisotopic (exact) mass is 495 g/mol. The van der Waals surface area contributed by atoms with Gasteiger partial charge in [-0.05, 0) is 30.3 Å². The number of carbonyl (C=O) groups excluding carboxylic acids is 1. The smallest absolute Gasteiger partial charge is 0.399 e. The number of methoxy groups -OCH3 is 1. The van der Waals surface area contributed by atoms with Crippen LogP contribution < -0.4 is 18.7 Å². The standard InChI is InChI=1S/C26H30N4O4S/c1-34-25-15-9-8-14-24(25)30(35(32,33)28-23-12-6-3-7-13-23)20-18-29(19-21-30)17-16-26(31)27-22-10-4-2-5-11-22/h2-15,28H,16-21H2,1H3/p+1. The van der Waals surface area contributed by atoms with Gasteiger partial charge in [-0.15, -0.1) is 0 Å². The molecule has 0 atom stereocenters. The topological polar surface area (TPSA) is 87.7 Å². The first kappa shape index (κ1) is 24.7. The molecule has 184 valence electrons. The van der Waals surface area contributed by atoms with E-state index in [1.165, 1.54) is 0 Å². The van der Waals surface area contributed by atoms with Crippen LogP contribution in [0, 0.1) is 0 Å². The quantitative estimate of drug-likeness (QED) is 0.442. The normalized spacial score (nSPS) is 15.8. The summed E-state index contributed by atoms with van der Waals surface area (Å²) in [4.78, 5) is 14.5. The largest absolute Gasteiger partial charge is 0.491 e. The van der Waals surface area contributed by atoms with Gasteiger partial charge in [0, 0.05) is 37.8 Å². The van der Waals surface area contributed by atoms with Crippen molar-refractivity contribution in [3.05, 3.63) is 84.9 Å². The van der Waals surface area contributed by atoms with Crippen LogP contribution in [0.1, 0.15) is 6.42 Å². The Bertz CT molecular complexity index is 1230. The average molecular weight is 496 g/mol. The van der Waals surface area contributed by atoms with Gasteiger partial charge in [-0.3, -0.25) is 9.69 Å². The minimum atomic E-state index is -3.88. The number of ether oxygens (including phenoxy) is 1. The molecular weight excluding hydrogens is 464 g/mol. The van der Waals surface area contributed by atoms with Gasteiger partial charge in [-0.1, -0.05) is 48.5 Å². The van der Waals surface area contributed by atoms with Gasteiger partial charge in [0.05, 0.1) is 12.8 Å². The maximum atomic E-state index is 13.8.